The first-order chi connectivity index (χ1) is 7.99. The fourth-order valence-electron chi connectivity index (χ4n) is 1.56. The third-order valence-corrected chi connectivity index (χ3v) is 3.65. The van der Waals surface area contributed by atoms with Crippen LogP contribution in [0.3, 0.4) is 0 Å². The van der Waals surface area contributed by atoms with E-state index in [1.54, 1.807) is 0 Å². The van der Waals surface area contributed by atoms with Gasteiger partial charge in [-0.2, -0.15) is 0 Å². The molecule has 1 aromatic rings. The van der Waals surface area contributed by atoms with Gasteiger partial charge in [0.2, 0.25) is 0 Å². The molecule has 1 aromatic heterocycles. The van der Waals surface area contributed by atoms with Gasteiger partial charge in [0.25, 0.3) is 0 Å². The van der Waals surface area contributed by atoms with Crippen LogP contribution in [0.15, 0.2) is 0 Å². The van der Waals surface area contributed by atoms with Crippen LogP contribution in [-0.4, -0.2) is 41.2 Å². The number of anilines is 1. The van der Waals surface area contributed by atoms with Crippen LogP contribution in [0, 0.1) is 0 Å². The maximum Gasteiger partial charge on any atom is 0.355 e. The summed E-state index contributed by atoms with van der Waals surface area (Å²) >= 11 is 1.42. The lowest BCUT2D eigenvalue weighted by Crippen LogP contribution is -2.34. The Kier molecular flexibility index (Phi) is 4.89. The molecule has 0 spiro atoms. The molecule has 5 nitrogen and oxygen atoms in total. The number of thiazole rings is 1. The molecule has 0 fully saturated rings. The molecule has 0 bridgehead atoms. The number of aromatic carboxylic acids is 1. The fraction of sp³-hybridized carbons (Fsp3) is 0.636. The summed E-state index contributed by atoms with van der Waals surface area (Å²) in [6.07, 6.45) is 1.79. The number of rotatable bonds is 6. The normalized spacial score (nSPS) is 12.8. The molecule has 1 atom stereocenters. The number of hydrogen-bond acceptors (Lipinski definition) is 5. The lowest BCUT2D eigenvalue weighted by Gasteiger charge is -2.23. The van der Waals surface area contributed by atoms with Gasteiger partial charge in [-0.25, -0.2) is 9.78 Å². The highest BCUT2D eigenvalue weighted by Gasteiger charge is 2.18. The largest absolute Gasteiger partial charge is 0.476 e. The highest BCUT2D eigenvalue weighted by Crippen LogP contribution is 2.24. The van der Waals surface area contributed by atoms with Gasteiger partial charge in [0, 0.05) is 4.88 Å². The second-order valence-corrected chi connectivity index (χ2v) is 5.07. The van der Waals surface area contributed by atoms with E-state index in [4.69, 9.17) is 5.11 Å². The van der Waals surface area contributed by atoms with E-state index in [0.29, 0.717) is 11.6 Å². The second kappa shape index (κ2) is 5.97. The monoisotopic (exact) mass is 257 g/mol. The molecule has 6 heteroatoms. The van der Waals surface area contributed by atoms with Crippen LogP contribution < -0.4 is 5.32 Å². The number of carboxylic acids is 1. The molecule has 0 radical (unpaired) electrons. The highest BCUT2D eigenvalue weighted by atomic mass is 32.1. The summed E-state index contributed by atoms with van der Waals surface area (Å²) in [6, 6.07) is 0. The molecule has 2 N–H and O–H groups in total. The van der Waals surface area contributed by atoms with E-state index in [9.17, 15) is 4.79 Å². The predicted octanol–water partition coefficient (Wildman–Crippen LogP) is 2.11. The Morgan fingerprint density at radius 2 is 2.18 bits per heavy atom. The van der Waals surface area contributed by atoms with Crippen molar-refractivity contribution in [2.45, 2.75) is 32.9 Å². The van der Waals surface area contributed by atoms with Crippen LogP contribution in [0.5, 0.6) is 0 Å². The van der Waals surface area contributed by atoms with Gasteiger partial charge in [-0.05, 0) is 26.9 Å². The molecule has 1 heterocycles. The zero-order valence-electron chi connectivity index (χ0n) is 10.6. The van der Waals surface area contributed by atoms with Gasteiger partial charge in [0.05, 0.1) is 6.17 Å². The number of carbonyl (C=O) groups is 1. The number of carboxylic acid groups (broad SMARTS) is 1. The van der Waals surface area contributed by atoms with Crippen LogP contribution in [0.4, 0.5) is 5.13 Å². The number of nitrogens with one attached hydrogen (secondary N) is 1. The molecule has 0 aliphatic heterocycles. The minimum absolute atomic E-state index is 0.174. The SMILES string of the molecule is CCc1sc(NC(CC)N(C)C)nc1C(=O)O. The maximum atomic E-state index is 11.0. The van der Waals surface area contributed by atoms with Gasteiger partial charge in [-0.15, -0.1) is 11.3 Å². The van der Waals surface area contributed by atoms with Gasteiger partial charge in [0.15, 0.2) is 10.8 Å². The standard InChI is InChI=1S/C11H19N3O2S/c1-5-7-9(10(15)16)13-11(17-7)12-8(6-2)14(3)4/h8H,5-6H2,1-4H3,(H,12,13)(H,15,16). The van der Waals surface area contributed by atoms with Crippen LogP contribution in [-0.2, 0) is 6.42 Å². The molecule has 17 heavy (non-hydrogen) atoms. The van der Waals surface area contributed by atoms with Crippen LogP contribution in [0.25, 0.3) is 0 Å². The molecule has 0 aromatic carbocycles. The second-order valence-electron chi connectivity index (χ2n) is 3.98. The first kappa shape index (κ1) is 13.9. The summed E-state index contributed by atoms with van der Waals surface area (Å²) in [7, 11) is 3.96. The smallest absolute Gasteiger partial charge is 0.355 e. The van der Waals surface area contributed by atoms with Gasteiger partial charge in [-0.3, -0.25) is 4.90 Å². The Balaban J connectivity index is 2.88. The van der Waals surface area contributed by atoms with Crippen molar-refractivity contribution in [2.75, 3.05) is 19.4 Å². The summed E-state index contributed by atoms with van der Waals surface area (Å²) in [6.45, 7) is 4.01. The van der Waals surface area contributed by atoms with Crippen molar-refractivity contribution < 1.29 is 9.90 Å². The van der Waals surface area contributed by atoms with Crippen LogP contribution >= 0.6 is 11.3 Å². The molecular weight excluding hydrogens is 238 g/mol. The van der Waals surface area contributed by atoms with Crippen molar-refractivity contribution in [3.8, 4) is 0 Å². The maximum absolute atomic E-state index is 11.0. The first-order valence-electron chi connectivity index (χ1n) is 5.65. The molecule has 0 saturated carbocycles. The number of aryl methyl sites for hydroxylation is 1. The highest BCUT2D eigenvalue weighted by molar-refractivity contribution is 7.15. The average molecular weight is 257 g/mol. The van der Waals surface area contributed by atoms with Crippen LogP contribution in [0.1, 0.15) is 35.6 Å². The number of nitrogens with zero attached hydrogens (tertiary/aromatic N) is 2. The molecule has 96 valence electrons. The van der Waals surface area contributed by atoms with E-state index < -0.39 is 5.97 Å². The summed E-state index contributed by atoms with van der Waals surface area (Å²) in [5.41, 5.74) is 0.175. The molecular formula is C11H19N3O2S. The molecule has 0 aliphatic carbocycles. The van der Waals surface area contributed by atoms with E-state index in [0.717, 1.165) is 11.3 Å². The summed E-state index contributed by atoms with van der Waals surface area (Å²) in [4.78, 5) is 18.0. The van der Waals surface area contributed by atoms with Crippen molar-refractivity contribution in [1.29, 1.82) is 0 Å². The third kappa shape index (κ3) is 3.41. The molecule has 0 aliphatic rings. The summed E-state index contributed by atoms with van der Waals surface area (Å²) in [5.74, 6) is -0.955. The van der Waals surface area contributed by atoms with Crippen molar-refractivity contribution in [3.63, 3.8) is 0 Å². The first-order valence-corrected chi connectivity index (χ1v) is 6.47. The van der Waals surface area contributed by atoms with Gasteiger partial charge < -0.3 is 10.4 Å². The van der Waals surface area contributed by atoms with Crippen molar-refractivity contribution in [1.82, 2.24) is 9.88 Å². The lowest BCUT2D eigenvalue weighted by molar-refractivity contribution is 0.0690. The Hall–Kier alpha value is -1.14. The van der Waals surface area contributed by atoms with Crippen LogP contribution in [0.2, 0.25) is 0 Å². The lowest BCUT2D eigenvalue weighted by atomic mass is 10.3. The zero-order valence-corrected chi connectivity index (χ0v) is 11.5. The van der Waals surface area contributed by atoms with Crippen molar-refractivity contribution in [2.24, 2.45) is 0 Å². The van der Waals surface area contributed by atoms with E-state index in [-0.39, 0.29) is 11.9 Å². The third-order valence-electron chi connectivity index (χ3n) is 2.52. The molecule has 0 saturated heterocycles. The van der Waals surface area contributed by atoms with Gasteiger partial charge in [-0.1, -0.05) is 13.8 Å². The Morgan fingerprint density at radius 1 is 1.53 bits per heavy atom. The Bertz CT molecular complexity index is 390. The predicted molar refractivity (Wildman–Crippen MR) is 69.8 cm³/mol. The zero-order chi connectivity index (χ0) is 13.0. The van der Waals surface area contributed by atoms with Crippen molar-refractivity contribution >= 4 is 22.4 Å². The molecule has 1 rings (SSSR count). The molecule has 1 unspecified atom stereocenters. The van der Waals surface area contributed by atoms with E-state index in [2.05, 4.69) is 17.2 Å². The Labute approximate surface area is 105 Å². The minimum atomic E-state index is -0.955. The fourth-order valence-corrected chi connectivity index (χ4v) is 2.50. The van der Waals surface area contributed by atoms with Crippen molar-refractivity contribution in [3.05, 3.63) is 10.6 Å². The minimum Gasteiger partial charge on any atom is -0.476 e. The summed E-state index contributed by atoms with van der Waals surface area (Å²) in [5, 5.41) is 12.9. The van der Waals surface area contributed by atoms with Gasteiger partial charge >= 0.3 is 5.97 Å². The summed E-state index contributed by atoms with van der Waals surface area (Å²) < 4.78 is 0. The van der Waals surface area contributed by atoms with E-state index >= 15 is 0 Å². The average Bonchev–Trinajstić information content (AvgIpc) is 2.68. The van der Waals surface area contributed by atoms with E-state index in [1.807, 2.05) is 25.9 Å². The Morgan fingerprint density at radius 3 is 2.53 bits per heavy atom. The topological polar surface area (TPSA) is 65.5 Å². The number of hydrogen-bond donors (Lipinski definition) is 2. The quantitative estimate of drug-likeness (QED) is 0.764. The van der Waals surface area contributed by atoms with E-state index in [1.165, 1.54) is 11.3 Å². The number of aromatic nitrogens is 1. The van der Waals surface area contributed by atoms with Gasteiger partial charge in [0.1, 0.15) is 0 Å². The molecule has 0 amide bonds.